The van der Waals surface area contributed by atoms with E-state index in [1.54, 1.807) is 35.9 Å². The SMILES string of the molecule is O=C(NCCNc1ccc([N+](=O)[O-])cc1)c1csc(-c2ccco2)n1. The zero-order valence-electron chi connectivity index (χ0n) is 13.0. The molecule has 3 aromatic rings. The van der Waals surface area contributed by atoms with E-state index in [1.807, 2.05) is 0 Å². The molecule has 0 bridgehead atoms. The van der Waals surface area contributed by atoms with Gasteiger partial charge in [0.2, 0.25) is 0 Å². The maximum atomic E-state index is 12.1. The number of carbonyl (C=O) groups is 1. The van der Waals surface area contributed by atoms with Gasteiger partial charge in [-0.2, -0.15) is 0 Å². The summed E-state index contributed by atoms with van der Waals surface area (Å²) >= 11 is 1.34. The Bertz CT molecular complexity index is 859. The summed E-state index contributed by atoms with van der Waals surface area (Å²) in [7, 11) is 0. The standard InChI is InChI=1S/C16H14N4O4S/c21-15(13-10-25-16(19-13)14-2-1-9-24-14)18-8-7-17-11-3-5-12(6-4-11)20(22)23/h1-6,9-10,17H,7-8H2,(H,18,21). The molecular formula is C16H14N4O4S. The fourth-order valence-corrected chi connectivity index (χ4v) is 2.83. The third-order valence-electron chi connectivity index (χ3n) is 3.29. The van der Waals surface area contributed by atoms with E-state index in [9.17, 15) is 14.9 Å². The quantitative estimate of drug-likeness (QED) is 0.381. The summed E-state index contributed by atoms with van der Waals surface area (Å²) in [5, 5.41) is 18.8. The van der Waals surface area contributed by atoms with Crippen molar-refractivity contribution in [2.45, 2.75) is 0 Å². The molecule has 0 fully saturated rings. The van der Waals surface area contributed by atoms with Crippen molar-refractivity contribution >= 4 is 28.6 Å². The van der Waals surface area contributed by atoms with Gasteiger partial charge >= 0.3 is 0 Å². The number of anilines is 1. The third-order valence-corrected chi connectivity index (χ3v) is 4.14. The normalized spacial score (nSPS) is 10.4. The fourth-order valence-electron chi connectivity index (χ4n) is 2.07. The number of carbonyl (C=O) groups excluding carboxylic acids is 1. The van der Waals surface area contributed by atoms with Gasteiger partial charge in [0.05, 0.1) is 11.2 Å². The van der Waals surface area contributed by atoms with Crippen LogP contribution in [0.2, 0.25) is 0 Å². The molecule has 1 aromatic carbocycles. The van der Waals surface area contributed by atoms with E-state index in [1.165, 1.54) is 23.5 Å². The molecule has 2 N–H and O–H groups in total. The predicted molar refractivity (Wildman–Crippen MR) is 93.7 cm³/mol. The number of nitro benzene ring substituents is 1. The summed E-state index contributed by atoms with van der Waals surface area (Å²) in [5.74, 6) is 0.364. The summed E-state index contributed by atoms with van der Waals surface area (Å²) in [6.45, 7) is 0.877. The average Bonchev–Trinajstić information content (AvgIpc) is 3.29. The van der Waals surface area contributed by atoms with Crippen LogP contribution in [0, 0.1) is 10.1 Å². The van der Waals surface area contributed by atoms with Gasteiger partial charge in [-0.3, -0.25) is 14.9 Å². The van der Waals surface area contributed by atoms with Gasteiger partial charge in [-0.15, -0.1) is 11.3 Å². The highest BCUT2D eigenvalue weighted by molar-refractivity contribution is 7.13. The monoisotopic (exact) mass is 358 g/mol. The smallest absolute Gasteiger partial charge is 0.270 e. The molecule has 2 aromatic heterocycles. The highest BCUT2D eigenvalue weighted by atomic mass is 32.1. The number of aromatic nitrogens is 1. The second kappa shape index (κ2) is 7.58. The number of hydrogen-bond donors (Lipinski definition) is 2. The lowest BCUT2D eigenvalue weighted by atomic mass is 10.3. The van der Waals surface area contributed by atoms with Crippen LogP contribution in [0.1, 0.15) is 10.5 Å². The molecule has 0 radical (unpaired) electrons. The van der Waals surface area contributed by atoms with Gasteiger partial charge in [0.25, 0.3) is 11.6 Å². The highest BCUT2D eigenvalue weighted by Crippen LogP contribution is 2.23. The van der Waals surface area contributed by atoms with Crippen LogP contribution in [0.4, 0.5) is 11.4 Å². The first kappa shape index (κ1) is 16.7. The van der Waals surface area contributed by atoms with Gasteiger partial charge in [-0.1, -0.05) is 0 Å². The number of non-ortho nitro benzene ring substituents is 1. The number of furan rings is 1. The Labute approximate surface area is 146 Å². The number of hydrogen-bond acceptors (Lipinski definition) is 7. The van der Waals surface area contributed by atoms with Crippen LogP contribution >= 0.6 is 11.3 Å². The van der Waals surface area contributed by atoms with Crippen molar-refractivity contribution in [3.8, 4) is 10.8 Å². The molecule has 0 aliphatic heterocycles. The number of amides is 1. The van der Waals surface area contributed by atoms with Crippen molar-refractivity contribution in [1.29, 1.82) is 0 Å². The molecule has 0 saturated heterocycles. The Morgan fingerprint density at radius 1 is 1.24 bits per heavy atom. The number of benzene rings is 1. The lowest BCUT2D eigenvalue weighted by Gasteiger charge is -2.07. The Morgan fingerprint density at radius 2 is 2.04 bits per heavy atom. The molecule has 9 heteroatoms. The summed E-state index contributed by atoms with van der Waals surface area (Å²) < 4.78 is 5.25. The largest absolute Gasteiger partial charge is 0.462 e. The van der Waals surface area contributed by atoms with E-state index in [-0.39, 0.29) is 11.6 Å². The maximum Gasteiger partial charge on any atom is 0.270 e. The second-order valence-electron chi connectivity index (χ2n) is 5.00. The van der Waals surface area contributed by atoms with E-state index >= 15 is 0 Å². The molecule has 0 spiro atoms. The van der Waals surface area contributed by atoms with Crippen LogP contribution in [-0.2, 0) is 0 Å². The molecule has 0 saturated carbocycles. The van der Waals surface area contributed by atoms with Crippen molar-refractivity contribution in [2.24, 2.45) is 0 Å². The third kappa shape index (κ3) is 4.21. The van der Waals surface area contributed by atoms with Crippen molar-refractivity contribution in [2.75, 3.05) is 18.4 Å². The number of nitrogens with one attached hydrogen (secondary N) is 2. The zero-order valence-corrected chi connectivity index (χ0v) is 13.8. The first-order chi connectivity index (χ1) is 12.1. The van der Waals surface area contributed by atoms with Crippen LogP contribution < -0.4 is 10.6 Å². The Balaban J connectivity index is 1.46. The van der Waals surface area contributed by atoms with Crippen molar-refractivity contribution in [3.05, 3.63) is 63.8 Å². The molecular weight excluding hydrogens is 344 g/mol. The lowest BCUT2D eigenvalue weighted by Crippen LogP contribution is -2.28. The summed E-state index contributed by atoms with van der Waals surface area (Å²) in [6.07, 6.45) is 1.56. The lowest BCUT2D eigenvalue weighted by molar-refractivity contribution is -0.384. The molecule has 25 heavy (non-hydrogen) atoms. The molecule has 0 atom stereocenters. The molecule has 1 amide bonds. The molecule has 3 rings (SSSR count). The molecule has 0 unspecified atom stereocenters. The van der Waals surface area contributed by atoms with Crippen LogP contribution in [0.3, 0.4) is 0 Å². The van der Waals surface area contributed by atoms with Crippen LogP contribution in [0.5, 0.6) is 0 Å². The van der Waals surface area contributed by atoms with Gasteiger partial charge in [0, 0.05) is 36.3 Å². The molecule has 2 heterocycles. The van der Waals surface area contributed by atoms with Crippen molar-refractivity contribution < 1.29 is 14.1 Å². The molecule has 0 aliphatic rings. The molecule has 0 aliphatic carbocycles. The summed E-state index contributed by atoms with van der Waals surface area (Å²) in [5.41, 5.74) is 1.12. The highest BCUT2D eigenvalue weighted by Gasteiger charge is 2.12. The van der Waals surface area contributed by atoms with Crippen LogP contribution in [0.25, 0.3) is 10.8 Å². The summed E-state index contributed by atoms with van der Waals surface area (Å²) in [4.78, 5) is 26.4. The molecule has 8 nitrogen and oxygen atoms in total. The minimum atomic E-state index is -0.450. The number of thiazole rings is 1. The van der Waals surface area contributed by atoms with Crippen molar-refractivity contribution in [3.63, 3.8) is 0 Å². The van der Waals surface area contributed by atoms with Gasteiger partial charge in [-0.25, -0.2) is 4.98 Å². The Hall–Kier alpha value is -3.20. The van der Waals surface area contributed by atoms with Gasteiger partial charge < -0.3 is 15.1 Å². The van der Waals surface area contributed by atoms with E-state index in [2.05, 4.69) is 15.6 Å². The predicted octanol–water partition coefficient (Wildman–Crippen LogP) is 3.15. The van der Waals surface area contributed by atoms with Crippen molar-refractivity contribution in [1.82, 2.24) is 10.3 Å². The fraction of sp³-hybridized carbons (Fsp3) is 0.125. The zero-order chi connectivity index (χ0) is 17.6. The second-order valence-corrected chi connectivity index (χ2v) is 5.86. The van der Waals surface area contributed by atoms with Crippen LogP contribution in [0.15, 0.2) is 52.5 Å². The number of rotatable bonds is 7. The van der Waals surface area contributed by atoms with Crippen LogP contribution in [-0.4, -0.2) is 28.9 Å². The minimum Gasteiger partial charge on any atom is -0.462 e. The number of nitro groups is 1. The Kier molecular flexibility index (Phi) is 5.05. The van der Waals surface area contributed by atoms with E-state index in [0.717, 1.165) is 5.69 Å². The molecule has 128 valence electrons. The first-order valence-electron chi connectivity index (χ1n) is 7.39. The summed E-state index contributed by atoms with van der Waals surface area (Å²) in [6, 6.07) is 9.64. The van der Waals surface area contributed by atoms with E-state index < -0.39 is 4.92 Å². The topological polar surface area (TPSA) is 110 Å². The average molecular weight is 358 g/mol. The van der Waals surface area contributed by atoms with Gasteiger partial charge in [-0.05, 0) is 24.3 Å². The first-order valence-corrected chi connectivity index (χ1v) is 8.27. The van der Waals surface area contributed by atoms with E-state index in [0.29, 0.717) is 29.6 Å². The Morgan fingerprint density at radius 3 is 2.72 bits per heavy atom. The maximum absolute atomic E-state index is 12.1. The van der Waals surface area contributed by atoms with Gasteiger partial charge in [0.15, 0.2) is 10.8 Å². The van der Waals surface area contributed by atoms with E-state index in [4.69, 9.17) is 4.42 Å². The number of nitrogens with zero attached hydrogens (tertiary/aromatic N) is 2. The van der Waals surface area contributed by atoms with Gasteiger partial charge in [0.1, 0.15) is 5.69 Å². The minimum absolute atomic E-state index is 0.0368.